The van der Waals surface area contributed by atoms with Crippen molar-refractivity contribution in [2.75, 3.05) is 0 Å². The molecule has 0 amide bonds. The fraction of sp³-hybridized carbons (Fsp3) is 0.333. The smallest absolute Gasteiger partial charge is 0.0701 e. The van der Waals surface area contributed by atoms with Gasteiger partial charge in [0.25, 0.3) is 0 Å². The Morgan fingerprint density at radius 3 is 2.58 bits per heavy atom. The molecule has 0 radical (unpaired) electrons. The van der Waals surface area contributed by atoms with Crippen LogP contribution < -0.4 is 5.32 Å². The molecule has 1 nitrogen and oxygen atoms in total. The van der Waals surface area contributed by atoms with E-state index in [4.69, 9.17) is 0 Å². The van der Waals surface area contributed by atoms with Gasteiger partial charge in [-0.15, -0.1) is 23.1 Å². The van der Waals surface area contributed by atoms with Gasteiger partial charge in [0.05, 0.1) is 3.79 Å². The maximum atomic E-state index is 3.54. The summed E-state index contributed by atoms with van der Waals surface area (Å²) in [6, 6.07) is 14.0. The molecule has 0 spiro atoms. The summed E-state index contributed by atoms with van der Waals surface area (Å²) in [6.07, 6.45) is 2.70. The highest BCUT2D eigenvalue weighted by molar-refractivity contribution is 9.11. The van der Waals surface area contributed by atoms with Crippen LogP contribution in [0.2, 0.25) is 0 Å². The molecule has 1 aromatic carbocycles. The monoisotopic (exact) mass is 353 g/mol. The fourth-order valence-corrected chi connectivity index (χ4v) is 4.26. The Kier molecular flexibility index (Phi) is 4.64. The molecule has 0 unspecified atom stereocenters. The van der Waals surface area contributed by atoms with Crippen molar-refractivity contribution in [2.24, 2.45) is 0 Å². The van der Waals surface area contributed by atoms with Gasteiger partial charge in [-0.3, -0.25) is 0 Å². The van der Waals surface area contributed by atoms with Gasteiger partial charge in [-0.05, 0) is 58.6 Å². The Hall–Kier alpha value is -0.290. The molecule has 1 aromatic heterocycles. The van der Waals surface area contributed by atoms with E-state index in [1.807, 2.05) is 23.1 Å². The molecular weight excluding hydrogens is 338 g/mol. The summed E-state index contributed by atoms with van der Waals surface area (Å²) < 4.78 is 1.21. The van der Waals surface area contributed by atoms with Crippen LogP contribution in [0.3, 0.4) is 0 Å². The standard InChI is InChI=1S/C15H16BrNS2/c16-15-8-7-14(19-15)10-18-13-5-1-11(2-6-13)9-17-12-3-4-12/h1-2,5-8,12,17H,3-4,9-10H2. The molecule has 0 atom stereocenters. The van der Waals surface area contributed by atoms with Crippen molar-refractivity contribution >= 4 is 39.0 Å². The minimum Gasteiger partial charge on any atom is -0.310 e. The van der Waals surface area contributed by atoms with E-state index in [9.17, 15) is 0 Å². The van der Waals surface area contributed by atoms with Crippen molar-refractivity contribution in [1.82, 2.24) is 5.32 Å². The van der Waals surface area contributed by atoms with Gasteiger partial charge < -0.3 is 5.32 Å². The number of hydrogen-bond donors (Lipinski definition) is 1. The second-order valence-corrected chi connectivity index (χ2v) is 8.39. The third kappa shape index (κ3) is 4.35. The molecule has 0 aliphatic heterocycles. The summed E-state index contributed by atoms with van der Waals surface area (Å²) in [4.78, 5) is 2.76. The number of rotatable bonds is 6. The van der Waals surface area contributed by atoms with Crippen molar-refractivity contribution in [2.45, 2.75) is 36.1 Å². The third-order valence-electron chi connectivity index (χ3n) is 3.11. The third-order valence-corrected chi connectivity index (χ3v) is 5.97. The number of thioether (sulfide) groups is 1. The Bertz CT molecular complexity index is 531. The highest BCUT2D eigenvalue weighted by atomic mass is 79.9. The van der Waals surface area contributed by atoms with Crippen LogP contribution in [-0.2, 0) is 12.3 Å². The molecule has 1 fully saturated rings. The van der Waals surface area contributed by atoms with E-state index >= 15 is 0 Å². The molecule has 1 aliphatic rings. The van der Waals surface area contributed by atoms with Crippen molar-refractivity contribution in [1.29, 1.82) is 0 Å². The Balaban J connectivity index is 1.50. The van der Waals surface area contributed by atoms with Crippen LogP contribution in [0.4, 0.5) is 0 Å². The number of benzene rings is 1. The normalized spacial score (nSPS) is 14.8. The molecule has 100 valence electrons. The molecule has 0 bridgehead atoms. The molecule has 1 N–H and O–H groups in total. The first-order chi connectivity index (χ1) is 9.29. The molecule has 2 aromatic rings. The second kappa shape index (κ2) is 6.44. The molecule has 1 heterocycles. The molecule has 1 aliphatic carbocycles. The number of thiophene rings is 1. The van der Waals surface area contributed by atoms with Crippen LogP contribution >= 0.6 is 39.0 Å². The molecule has 3 rings (SSSR count). The van der Waals surface area contributed by atoms with Crippen molar-refractivity contribution in [3.63, 3.8) is 0 Å². The lowest BCUT2D eigenvalue weighted by atomic mass is 10.2. The van der Waals surface area contributed by atoms with E-state index in [-0.39, 0.29) is 0 Å². The summed E-state index contributed by atoms with van der Waals surface area (Å²) in [5.74, 6) is 1.05. The van der Waals surface area contributed by atoms with Gasteiger partial charge >= 0.3 is 0 Å². The Morgan fingerprint density at radius 2 is 1.95 bits per heavy atom. The predicted octanol–water partition coefficient (Wildman–Crippen LogP) is 5.05. The SMILES string of the molecule is Brc1ccc(CSc2ccc(CNC3CC3)cc2)s1. The highest BCUT2D eigenvalue weighted by Crippen LogP contribution is 2.29. The molecule has 1 saturated carbocycles. The van der Waals surface area contributed by atoms with Crippen LogP contribution in [0.25, 0.3) is 0 Å². The van der Waals surface area contributed by atoms with Gasteiger partial charge in [0.2, 0.25) is 0 Å². The van der Waals surface area contributed by atoms with E-state index in [2.05, 4.69) is 57.6 Å². The Morgan fingerprint density at radius 1 is 1.16 bits per heavy atom. The average Bonchev–Trinajstić information content (AvgIpc) is 3.17. The fourth-order valence-electron chi connectivity index (χ4n) is 1.84. The summed E-state index contributed by atoms with van der Waals surface area (Å²) >= 11 is 7.22. The zero-order valence-electron chi connectivity index (χ0n) is 10.6. The zero-order chi connectivity index (χ0) is 13.1. The lowest BCUT2D eigenvalue weighted by molar-refractivity contribution is 0.687. The van der Waals surface area contributed by atoms with Gasteiger partial charge in [-0.1, -0.05) is 12.1 Å². The van der Waals surface area contributed by atoms with Gasteiger partial charge in [0, 0.05) is 28.1 Å². The van der Waals surface area contributed by atoms with Crippen LogP contribution in [0, 0.1) is 0 Å². The van der Waals surface area contributed by atoms with Crippen molar-refractivity contribution < 1.29 is 0 Å². The quantitative estimate of drug-likeness (QED) is 0.728. The average molecular weight is 354 g/mol. The summed E-state index contributed by atoms with van der Waals surface area (Å²) in [5.41, 5.74) is 1.38. The molecule has 0 saturated heterocycles. The van der Waals surface area contributed by atoms with Crippen molar-refractivity contribution in [3.05, 3.63) is 50.6 Å². The molecular formula is C15H16BrNS2. The maximum Gasteiger partial charge on any atom is 0.0701 e. The van der Waals surface area contributed by atoms with E-state index in [1.165, 1.54) is 32.0 Å². The lowest BCUT2D eigenvalue weighted by Crippen LogP contribution is -2.14. The van der Waals surface area contributed by atoms with E-state index in [0.717, 1.165) is 18.3 Å². The lowest BCUT2D eigenvalue weighted by Gasteiger charge is -2.04. The summed E-state index contributed by atoms with van der Waals surface area (Å²) in [6.45, 7) is 1.01. The zero-order valence-corrected chi connectivity index (χ0v) is 13.8. The first kappa shape index (κ1) is 13.7. The first-order valence-electron chi connectivity index (χ1n) is 6.49. The molecule has 19 heavy (non-hydrogen) atoms. The predicted molar refractivity (Wildman–Crippen MR) is 87.9 cm³/mol. The van der Waals surface area contributed by atoms with Gasteiger partial charge in [0.1, 0.15) is 0 Å². The largest absolute Gasteiger partial charge is 0.310 e. The van der Waals surface area contributed by atoms with E-state index in [1.54, 1.807) is 0 Å². The van der Waals surface area contributed by atoms with Gasteiger partial charge in [0.15, 0.2) is 0 Å². The number of nitrogens with one attached hydrogen (secondary N) is 1. The highest BCUT2D eigenvalue weighted by Gasteiger charge is 2.19. The first-order valence-corrected chi connectivity index (χ1v) is 9.08. The maximum absolute atomic E-state index is 3.54. The number of halogens is 1. The topological polar surface area (TPSA) is 12.0 Å². The minimum absolute atomic E-state index is 0.784. The number of hydrogen-bond acceptors (Lipinski definition) is 3. The van der Waals surface area contributed by atoms with Gasteiger partial charge in [-0.25, -0.2) is 0 Å². The van der Waals surface area contributed by atoms with Crippen LogP contribution in [0.1, 0.15) is 23.3 Å². The van der Waals surface area contributed by atoms with Gasteiger partial charge in [-0.2, -0.15) is 0 Å². The second-order valence-electron chi connectivity index (χ2n) is 4.79. The minimum atomic E-state index is 0.784. The summed E-state index contributed by atoms with van der Waals surface area (Å²) in [5, 5.41) is 3.54. The Labute approximate surface area is 130 Å². The molecule has 4 heteroatoms. The van der Waals surface area contributed by atoms with E-state index < -0.39 is 0 Å². The van der Waals surface area contributed by atoms with Crippen LogP contribution in [-0.4, -0.2) is 6.04 Å². The van der Waals surface area contributed by atoms with Crippen LogP contribution in [0.5, 0.6) is 0 Å². The van der Waals surface area contributed by atoms with Crippen LogP contribution in [0.15, 0.2) is 45.1 Å². The van der Waals surface area contributed by atoms with Crippen molar-refractivity contribution in [3.8, 4) is 0 Å². The van der Waals surface area contributed by atoms with E-state index in [0.29, 0.717) is 0 Å². The summed E-state index contributed by atoms with van der Waals surface area (Å²) in [7, 11) is 0.